The maximum Gasteiger partial charge on any atom is 0.137 e. The molecule has 2 aromatic carbocycles. The van der Waals surface area contributed by atoms with Crippen LogP contribution in [0.2, 0.25) is 0 Å². The Balaban J connectivity index is 1.94. The Kier molecular flexibility index (Phi) is 3.48. The zero-order valence-electron chi connectivity index (χ0n) is 10.3. The van der Waals surface area contributed by atoms with Gasteiger partial charge in [-0.3, -0.25) is 0 Å². The quantitative estimate of drug-likeness (QED) is 0.839. The largest absolute Gasteiger partial charge is 0.485 e. The molecule has 1 N–H and O–H groups in total. The van der Waals surface area contributed by atoms with Gasteiger partial charge in [0.2, 0.25) is 0 Å². The molecule has 0 fully saturated rings. The lowest BCUT2D eigenvalue weighted by atomic mass is 9.95. The van der Waals surface area contributed by atoms with E-state index in [-0.39, 0.29) is 12.2 Å². The van der Waals surface area contributed by atoms with Gasteiger partial charge in [0.1, 0.15) is 23.5 Å². The molecule has 1 unspecified atom stereocenters. The normalized spacial score (nSPS) is 21.2. The zero-order valence-corrected chi connectivity index (χ0v) is 11.9. The van der Waals surface area contributed by atoms with Crippen LogP contribution >= 0.6 is 15.9 Å². The number of hydrogen-bond acceptors (Lipinski definition) is 2. The molecule has 2 atom stereocenters. The molecule has 0 amide bonds. The number of fused-ring (bicyclic) bond motifs is 1. The molecule has 0 bridgehead atoms. The molecule has 2 nitrogen and oxygen atoms in total. The summed E-state index contributed by atoms with van der Waals surface area (Å²) < 4.78 is 32.8. The van der Waals surface area contributed by atoms with Gasteiger partial charge in [0.15, 0.2) is 0 Å². The molecular formula is C15H11BrF2O2. The Bertz CT molecular complexity index is 660. The monoisotopic (exact) mass is 340 g/mol. The van der Waals surface area contributed by atoms with E-state index in [0.29, 0.717) is 21.3 Å². The van der Waals surface area contributed by atoms with Gasteiger partial charge in [0.25, 0.3) is 0 Å². The van der Waals surface area contributed by atoms with Crippen molar-refractivity contribution in [1.82, 2.24) is 0 Å². The van der Waals surface area contributed by atoms with Crippen molar-refractivity contribution in [3.05, 3.63) is 63.6 Å². The SMILES string of the molecule is O[C@@H]1CC(c2ccc(Br)c(F)c2)Oc2ccc(F)cc21. The molecule has 0 aromatic heterocycles. The van der Waals surface area contributed by atoms with Crippen molar-refractivity contribution >= 4 is 15.9 Å². The van der Waals surface area contributed by atoms with Crippen LogP contribution in [-0.4, -0.2) is 5.11 Å². The number of aliphatic hydroxyl groups excluding tert-OH is 1. The van der Waals surface area contributed by atoms with Crippen LogP contribution in [0.5, 0.6) is 5.75 Å². The Morgan fingerprint density at radius 2 is 1.95 bits per heavy atom. The van der Waals surface area contributed by atoms with Crippen molar-refractivity contribution in [3.8, 4) is 5.75 Å². The summed E-state index contributed by atoms with van der Waals surface area (Å²) in [5.41, 5.74) is 1.07. The number of hydrogen-bond donors (Lipinski definition) is 1. The Hall–Kier alpha value is -1.46. The van der Waals surface area contributed by atoms with E-state index >= 15 is 0 Å². The van der Waals surface area contributed by atoms with E-state index in [9.17, 15) is 13.9 Å². The van der Waals surface area contributed by atoms with Gasteiger partial charge in [0.05, 0.1) is 10.6 Å². The summed E-state index contributed by atoms with van der Waals surface area (Å²) in [5.74, 6) is -0.372. The van der Waals surface area contributed by atoms with Crippen molar-refractivity contribution in [2.45, 2.75) is 18.6 Å². The van der Waals surface area contributed by atoms with Gasteiger partial charge >= 0.3 is 0 Å². The number of benzene rings is 2. The third kappa shape index (κ3) is 2.43. The van der Waals surface area contributed by atoms with Crippen LogP contribution in [0, 0.1) is 11.6 Å². The zero-order chi connectivity index (χ0) is 14.3. The van der Waals surface area contributed by atoms with E-state index in [0.717, 1.165) is 0 Å². The lowest BCUT2D eigenvalue weighted by Gasteiger charge is -2.30. The Morgan fingerprint density at radius 1 is 1.15 bits per heavy atom. The van der Waals surface area contributed by atoms with Crippen molar-refractivity contribution in [2.75, 3.05) is 0 Å². The maximum atomic E-state index is 13.6. The number of aliphatic hydroxyl groups is 1. The fraction of sp³-hybridized carbons (Fsp3) is 0.200. The van der Waals surface area contributed by atoms with Crippen molar-refractivity contribution < 1.29 is 18.6 Å². The van der Waals surface area contributed by atoms with Gasteiger partial charge in [-0.1, -0.05) is 6.07 Å². The molecule has 2 aromatic rings. The second kappa shape index (κ2) is 5.14. The maximum absolute atomic E-state index is 13.6. The first-order valence-corrected chi connectivity index (χ1v) is 6.93. The molecule has 0 saturated carbocycles. The molecule has 0 radical (unpaired) electrons. The summed E-state index contributed by atoms with van der Waals surface area (Å²) >= 11 is 3.09. The molecule has 0 saturated heterocycles. The van der Waals surface area contributed by atoms with E-state index in [1.54, 1.807) is 12.1 Å². The molecular weight excluding hydrogens is 330 g/mol. The second-order valence-electron chi connectivity index (χ2n) is 4.71. The highest BCUT2D eigenvalue weighted by Gasteiger charge is 2.28. The van der Waals surface area contributed by atoms with Crippen LogP contribution in [0.4, 0.5) is 8.78 Å². The first-order valence-electron chi connectivity index (χ1n) is 6.13. The highest BCUT2D eigenvalue weighted by molar-refractivity contribution is 9.10. The number of rotatable bonds is 1. The van der Waals surface area contributed by atoms with Crippen molar-refractivity contribution in [2.24, 2.45) is 0 Å². The van der Waals surface area contributed by atoms with Gasteiger partial charge < -0.3 is 9.84 Å². The van der Waals surface area contributed by atoms with E-state index in [1.807, 2.05) is 0 Å². The molecule has 5 heteroatoms. The summed E-state index contributed by atoms with van der Waals surface area (Å²) in [4.78, 5) is 0. The van der Waals surface area contributed by atoms with E-state index in [4.69, 9.17) is 4.74 Å². The van der Waals surface area contributed by atoms with Crippen LogP contribution in [0.3, 0.4) is 0 Å². The van der Waals surface area contributed by atoms with Gasteiger partial charge in [-0.05, 0) is 51.8 Å². The summed E-state index contributed by atoms with van der Waals surface area (Å²) in [6, 6.07) is 8.72. The Morgan fingerprint density at radius 3 is 2.70 bits per heavy atom. The third-order valence-corrected chi connectivity index (χ3v) is 4.00. The first-order chi connectivity index (χ1) is 9.54. The highest BCUT2D eigenvalue weighted by atomic mass is 79.9. The number of halogens is 3. The highest BCUT2D eigenvalue weighted by Crippen LogP contribution is 2.41. The van der Waals surface area contributed by atoms with Crippen LogP contribution in [0.1, 0.15) is 29.8 Å². The average Bonchev–Trinajstić information content (AvgIpc) is 2.42. The molecule has 0 aliphatic carbocycles. The van der Waals surface area contributed by atoms with Crippen LogP contribution < -0.4 is 4.74 Å². The van der Waals surface area contributed by atoms with E-state index in [2.05, 4.69) is 15.9 Å². The molecule has 3 rings (SSSR count). The number of ether oxygens (including phenoxy) is 1. The molecule has 0 spiro atoms. The molecule has 104 valence electrons. The lowest BCUT2D eigenvalue weighted by Crippen LogP contribution is -2.19. The summed E-state index contributed by atoms with van der Waals surface area (Å²) in [5, 5.41) is 10.1. The summed E-state index contributed by atoms with van der Waals surface area (Å²) in [7, 11) is 0. The summed E-state index contributed by atoms with van der Waals surface area (Å²) in [6.07, 6.45) is -1.02. The van der Waals surface area contributed by atoms with Gasteiger partial charge in [-0.25, -0.2) is 8.78 Å². The van der Waals surface area contributed by atoms with Crippen molar-refractivity contribution in [3.63, 3.8) is 0 Å². The Labute approximate surface area is 123 Å². The van der Waals surface area contributed by atoms with Gasteiger partial charge in [-0.2, -0.15) is 0 Å². The predicted octanol–water partition coefficient (Wildman–Crippen LogP) is 4.28. The van der Waals surface area contributed by atoms with Crippen molar-refractivity contribution in [1.29, 1.82) is 0 Å². The average molecular weight is 341 g/mol. The first kappa shape index (κ1) is 13.5. The van der Waals surface area contributed by atoms with Gasteiger partial charge in [-0.15, -0.1) is 0 Å². The standard InChI is InChI=1S/C15H11BrF2O2/c16-11-3-1-8(5-12(11)18)15-7-13(19)10-6-9(17)2-4-14(10)20-15/h1-6,13,15,19H,7H2/t13-,15?/m1/s1. The smallest absolute Gasteiger partial charge is 0.137 e. The fourth-order valence-corrected chi connectivity index (χ4v) is 2.58. The second-order valence-corrected chi connectivity index (χ2v) is 5.57. The molecule has 1 aliphatic rings. The summed E-state index contributed by atoms with van der Waals surface area (Å²) in [6.45, 7) is 0. The minimum absolute atomic E-state index is 0.261. The molecule has 20 heavy (non-hydrogen) atoms. The minimum atomic E-state index is -0.828. The van der Waals surface area contributed by atoms with Gasteiger partial charge in [0, 0.05) is 12.0 Å². The van der Waals surface area contributed by atoms with Crippen LogP contribution in [0.15, 0.2) is 40.9 Å². The lowest BCUT2D eigenvalue weighted by molar-refractivity contribution is 0.0652. The third-order valence-electron chi connectivity index (χ3n) is 3.35. The van der Waals surface area contributed by atoms with E-state index < -0.39 is 18.0 Å². The molecule has 1 aliphatic heterocycles. The minimum Gasteiger partial charge on any atom is -0.485 e. The molecule has 1 heterocycles. The van der Waals surface area contributed by atoms with E-state index in [1.165, 1.54) is 24.3 Å². The topological polar surface area (TPSA) is 29.5 Å². The predicted molar refractivity (Wildman–Crippen MR) is 73.4 cm³/mol. The van der Waals surface area contributed by atoms with Crippen LogP contribution in [-0.2, 0) is 0 Å². The van der Waals surface area contributed by atoms with Crippen LogP contribution in [0.25, 0.3) is 0 Å². The fourth-order valence-electron chi connectivity index (χ4n) is 2.33.